The van der Waals surface area contributed by atoms with E-state index in [9.17, 15) is 4.79 Å². The van der Waals surface area contributed by atoms with E-state index in [4.69, 9.17) is 5.73 Å². The van der Waals surface area contributed by atoms with E-state index in [0.717, 1.165) is 24.7 Å². The lowest BCUT2D eigenvalue weighted by Crippen LogP contribution is -2.13. The summed E-state index contributed by atoms with van der Waals surface area (Å²) in [6, 6.07) is 0. The predicted octanol–water partition coefficient (Wildman–Crippen LogP) is 3.10. The fourth-order valence-corrected chi connectivity index (χ4v) is 2.10. The molecule has 0 aliphatic rings. The van der Waals surface area contributed by atoms with Crippen molar-refractivity contribution in [3.8, 4) is 0 Å². The maximum absolute atomic E-state index is 10.6. The fourth-order valence-electron chi connectivity index (χ4n) is 2.10. The highest BCUT2D eigenvalue weighted by Crippen LogP contribution is 2.25. The number of nitrogens with two attached hydrogens (primary N) is 1. The molecule has 0 aromatic heterocycles. The van der Waals surface area contributed by atoms with Crippen LogP contribution in [-0.4, -0.2) is 5.91 Å². The maximum atomic E-state index is 10.6. The molecule has 2 atom stereocenters. The van der Waals surface area contributed by atoms with Crippen LogP contribution in [0.25, 0.3) is 0 Å². The number of hydrogen-bond acceptors (Lipinski definition) is 1. The van der Waals surface area contributed by atoms with E-state index in [1.54, 1.807) is 0 Å². The molecular formula is C12H25NO. The predicted molar refractivity (Wildman–Crippen MR) is 60.9 cm³/mol. The molecule has 1 amide bonds. The van der Waals surface area contributed by atoms with Gasteiger partial charge in [0.1, 0.15) is 0 Å². The second-order valence-corrected chi connectivity index (χ2v) is 4.29. The summed E-state index contributed by atoms with van der Waals surface area (Å²) in [5.41, 5.74) is 5.11. The molecule has 0 aliphatic carbocycles. The van der Waals surface area contributed by atoms with Crippen LogP contribution in [0.5, 0.6) is 0 Å². The van der Waals surface area contributed by atoms with E-state index in [2.05, 4.69) is 20.8 Å². The van der Waals surface area contributed by atoms with Gasteiger partial charge < -0.3 is 5.73 Å². The first kappa shape index (κ1) is 13.5. The van der Waals surface area contributed by atoms with Crippen molar-refractivity contribution in [3.05, 3.63) is 0 Å². The topological polar surface area (TPSA) is 43.1 Å². The molecule has 2 N–H and O–H groups in total. The van der Waals surface area contributed by atoms with Gasteiger partial charge in [-0.1, -0.05) is 40.0 Å². The van der Waals surface area contributed by atoms with Crippen LogP contribution in [0, 0.1) is 11.8 Å². The van der Waals surface area contributed by atoms with Crippen molar-refractivity contribution in [2.45, 2.75) is 59.3 Å². The molecule has 0 saturated heterocycles. The zero-order chi connectivity index (χ0) is 11.0. The molecule has 0 rings (SSSR count). The smallest absolute Gasteiger partial charge is 0.217 e. The molecule has 14 heavy (non-hydrogen) atoms. The molecule has 0 aliphatic heterocycles. The summed E-state index contributed by atoms with van der Waals surface area (Å²) >= 11 is 0. The molecule has 0 aromatic carbocycles. The summed E-state index contributed by atoms with van der Waals surface area (Å²) < 4.78 is 0. The Hall–Kier alpha value is -0.530. The lowest BCUT2D eigenvalue weighted by atomic mass is 9.84. The van der Waals surface area contributed by atoms with Crippen LogP contribution in [0.1, 0.15) is 59.3 Å². The average molecular weight is 199 g/mol. The van der Waals surface area contributed by atoms with Gasteiger partial charge in [-0.15, -0.1) is 0 Å². The quantitative estimate of drug-likeness (QED) is 0.641. The van der Waals surface area contributed by atoms with Crippen molar-refractivity contribution in [1.29, 1.82) is 0 Å². The first-order chi connectivity index (χ1) is 6.61. The highest BCUT2D eigenvalue weighted by atomic mass is 16.1. The Morgan fingerprint density at radius 1 is 1.29 bits per heavy atom. The number of primary amides is 1. The lowest BCUT2D eigenvalue weighted by Gasteiger charge is -2.21. The van der Waals surface area contributed by atoms with Gasteiger partial charge in [0.05, 0.1) is 0 Å². The third kappa shape index (κ3) is 6.01. The molecule has 2 nitrogen and oxygen atoms in total. The fraction of sp³-hybridized carbons (Fsp3) is 0.917. The van der Waals surface area contributed by atoms with Gasteiger partial charge >= 0.3 is 0 Å². The van der Waals surface area contributed by atoms with Gasteiger partial charge in [-0.25, -0.2) is 0 Å². The first-order valence-corrected chi connectivity index (χ1v) is 5.90. The SMILES string of the molecule is CCCC(CC)C(C)CCCC(N)=O. The molecule has 0 spiro atoms. The lowest BCUT2D eigenvalue weighted by molar-refractivity contribution is -0.118. The molecule has 0 bridgehead atoms. The van der Waals surface area contributed by atoms with Crippen molar-refractivity contribution >= 4 is 5.91 Å². The van der Waals surface area contributed by atoms with Crippen LogP contribution in [0.2, 0.25) is 0 Å². The third-order valence-electron chi connectivity index (χ3n) is 3.07. The highest BCUT2D eigenvalue weighted by molar-refractivity contribution is 5.73. The van der Waals surface area contributed by atoms with E-state index < -0.39 is 0 Å². The summed E-state index contributed by atoms with van der Waals surface area (Å²) in [7, 11) is 0. The number of carbonyl (C=O) groups is 1. The van der Waals surface area contributed by atoms with E-state index in [0.29, 0.717) is 6.42 Å². The van der Waals surface area contributed by atoms with E-state index in [-0.39, 0.29) is 5.91 Å². The molecule has 0 fully saturated rings. The summed E-state index contributed by atoms with van der Waals surface area (Å²) in [6.45, 7) is 6.79. The average Bonchev–Trinajstić information content (AvgIpc) is 2.13. The maximum Gasteiger partial charge on any atom is 0.217 e. The van der Waals surface area contributed by atoms with Crippen molar-refractivity contribution in [2.75, 3.05) is 0 Å². The normalized spacial score (nSPS) is 15.1. The molecule has 2 unspecified atom stereocenters. The van der Waals surface area contributed by atoms with Crippen molar-refractivity contribution < 1.29 is 4.79 Å². The zero-order valence-electron chi connectivity index (χ0n) is 9.88. The Morgan fingerprint density at radius 3 is 2.36 bits per heavy atom. The van der Waals surface area contributed by atoms with Crippen LogP contribution in [-0.2, 0) is 4.79 Å². The molecule has 0 aromatic rings. The number of hydrogen-bond donors (Lipinski definition) is 1. The Labute approximate surface area is 88.3 Å². The van der Waals surface area contributed by atoms with Gasteiger partial charge in [0.15, 0.2) is 0 Å². The van der Waals surface area contributed by atoms with E-state index in [1.165, 1.54) is 19.3 Å². The number of amides is 1. The molecule has 0 saturated carbocycles. The van der Waals surface area contributed by atoms with Gasteiger partial charge in [-0.3, -0.25) is 4.79 Å². The van der Waals surface area contributed by atoms with Gasteiger partial charge in [0.25, 0.3) is 0 Å². The Bertz CT molecular complexity index is 156. The third-order valence-corrected chi connectivity index (χ3v) is 3.07. The number of rotatable bonds is 8. The molecule has 2 heteroatoms. The Balaban J connectivity index is 3.68. The monoisotopic (exact) mass is 199 g/mol. The van der Waals surface area contributed by atoms with Crippen molar-refractivity contribution in [1.82, 2.24) is 0 Å². The van der Waals surface area contributed by atoms with Crippen LogP contribution >= 0.6 is 0 Å². The minimum Gasteiger partial charge on any atom is -0.370 e. The van der Waals surface area contributed by atoms with Crippen molar-refractivity contribution in [2.24, 2.45) is 17.6 Å². The van der Waals surface area contributed by atoms with Gasteiger partial charge in [0.2, 0.25) is 5.91 Å². The second-order valence-electron chi connectivity index (χ2n) is 4.29. The molecular weight excluding hydrogens is 174 g/mol. The minimum absolute atomic E-state index is 0.166. The molecule has 0 heterocycles. The summed E-state index contributed by atoms with van der Waals surface area (Å²) in [6.07, 6.45) is 6.48. The summed E-state index contributed by atoms with van der Waals surface area (Å²) in [4.78, 5) is 10.6. The first-order valence-electron chi connectivity index (χ1n) is 5.90. The highest BCUT2D eigenvalue weighted by Gasteiger charge is 2.14. The van der Waals surface area contributed by atoms with Crippen LogP contribution < -0.4 is 5.73 Å². The van der Waals surface area contributed by atoms with Crippen LogP contribution in [0.15, 0.2) is 0 Å². The standard InChI is InChI=1S/C12H25NO/c1-4-7-11(5-2)10(3)8-6-9-12(13)14/h10-11H,4-9H2,1-3H3,(H2,13,14). The van der Waals surface area contributed by atoms with Crippen LogP contribution in [0.3, 0.4) is 0 Å². The van der Waals surface area contributed by atoms with E-state index >= 15 is 0 Å². The zero-order valence-corrected chi connectivity index (χ0v) is 9.88. The summed E-state index contributed by atoms with van der Waals surface area (Å²) in [5, 5.41) is 0. The molecule has 84 valence electrons. The molecule has 0 radical (unpaired) electrons. The van der Waals surface area contributed by atoms with Crippen molar-refractivity contribution in [3.63, 3.8) is 0 Å². The summed E-state index contributed by atoms with van der Waals surface area (Å²) in [5.74, 6) is 1.40. The second kappa shape index (κ2) is 7.84. The van der Waals surface area contributed by atoms with Crippen LogP contribution in [0.4, 0.5) is 0 Å². The Morgan fingerprint density at radius 2 is 1.93 bits per heavy atom. The number of carbonyl (C=O) groups excluding carboxylic acids is 1. The Kier molecular flexibility index (Phi) is 7.54. The largest absolute Gasteiger partial charge is 0.370 e. The van der Waals surface area contributed by atoms with E-state index in [1.807, 2.05) is 0 Å². The van der Waals surface area contributed by atoms with Gasteiger partial charge in [-0.2, -0.15) is 0 Å². The van der Waals surface area contributed by atoms with Gasteiger partial charge in [-0.05, 0) is 24.7 Å². The minimum atomic E-state index is -0.166. The van der Waals surface area contributed by atoms with Gasteiger partial charge in [0, 0.05) is 6.42 Å².